The van der Waals surface area contributed by atoms with Gasteiger partial charge < -0.3 is 9.73 Å². The quantitative estimate of drug-likeness (QED) is 0.370. The lowest BCUT2D eigenvalue weighted by Crippen LogP contribution is -2.33. The van der Waals surface area contributed by atoms with Gasteiger partial charge in [0.1, 0.15) is 5.82 Å². The summed E-state index contributed by atoms with van der Waals surface area (Å²) >= 11 is 1.30. The predicted molar refractivity (Wildman–Crippen MR) is 122 cm³/mol. The molecule has 4 aromatic rings. The molecule has 1 N–H and O–H groups in total. The van der Waals surface area contributed by atoms with E-state index in [1.54, 1.807) is 24.5 Å². The maximum atomic E-state index is 13.3. The summed E-state index contributed by atoms with van der Waals surface area (Å²) in [6, 6.07) is 19.3. The van der Waals surface area contributed by atoms with Gasteiger partial charge in [-0.05, 0) is 47.9 Å². The van der Waals surface area contributed by atoms with Crippen LogP contribution in [-0.4, -0.2) is 26.4 Å². The largest absolute Gasteiger partial charge is 0.461 e. The van der Waals surface area contributed by atoms with E-state index in [-0.39, 0.29) is 29.4 Å². The van der Waals surface area contributed by atoms with Gasteiger partial charge in [-0.2, -0.15) is 0 Å². The molecule has 0 spiro atoms. The molecule has 2 aromatic heterocycles. The normalized spacial score (nSPS) is 12.1. The van der Waals surface area contributed by atoms with Gasteiger partial charge in [-0.15, -0.1) is 10.2 Å². The van der Waals surface area contributed by atoms with Crippen molar-refractivity contribution in [1.82, 2.24) is 20.1 Å². The summed E-state index contributed by atoms with van der Waals surface area (Å²) in [6.45, 7) is 4.03. The molecule has 0 fully saturated rings. The minimum atomic E-state index is -0.300. The lowest BCUT2D eigenvalue weighted by atomic mass is 9.96. The number of halogens is 1. The Hall–Kier alpha value is -3.39. The second-order valence-corrected chi connectivity index (χ2v) is 8.53. The summed E-state index contributed by atoms with van der Waals surface area (Å²) < 4.78 is 20.7. The first-order valence-electron chi connectivity index (χ1n) is 10.3. The van der Waals surface area contributed by atoms with Crippen molar-refractivity contribution in [3.63, 3.8) is 0 Å². The highest BCUT2D eigenvalue weighted by atomic mass is 32.2. The van der Waals surface area contributed by atoms with Crippen LogP contribution in [0.15, 0.2) is 82.6 Å². The number of furan rings is 1. The zero-order valence-corrected chi connectivity index (χ0v) is 18.6. The summed E-state index contributed by atoms with van der Waals surface area (Å²) in [5, 5.41) is 12.2. The van der Waals surface area contributed by atoms with Gasteiger partial charge in [0.2, 0.25) is 11.7 Å². The second-order valence-electron chi connectivity index (χ2n) is 7.58. The van der Waals surface area contributed by atoms with Crippen LogP contribution in [0.1, 0.15) is 25.5 Å². The third-order valence-corrected chi connectivity index (χ3v) is 5.86. The number of aromatic nitrogens is 3. The molecule has 0 aliphatic rings. The molecule has 1 unspecified atom stereocenters. The third kappa shape index (κ3) is 4.91. The van der Waals surface area contributed by atoms with Crippen LogP contribution in [0, 0.1) is 11.7 Å². The number of carbonyl (C=O) groups is 1. The summed E-state index contributed by atoms with van der Waals surface area (Å²) in [5.74, 6) is 1.02. The van der Waals surface area contributed by atoms with Gasteiger partial charge in [0, 0.05) is 5.69 Å². The molecular formula is C24H23FN4O2S. The predicted octanol–water partition coefficient (Wildman–Crippen LogP) is 5.27. The van der Waals surface area contributed by atoms with Gasteiger partial charge in [0.15, 0.2) is 10.9 Å². The van der Waals surface area contributed by atoms with Crippen LogP contribution in [0.25, 0.3) is 17.3 Å². The standard InChI is InChI=1S/C24H23FN4O2S/c1-16(2)22(17-10-12-18(25)13-11-17)26-21(30)15-32-24-28-27-23(20-9-6-14-31-20)29(24)19-7-4-3-5-8-19/h3-14,16,22H,15H2,1-2H3,(H,26,30). The Labute approximate surface area is 189 Å². The Morgan fingerprint density at radius 3 is 2.47 bits per heavy atom. The molecule has 4 rings (SSSR count). The van der Waals surface area contributed by atoms with E-state index >= 15 is 0 Å². The molecule has 6 nitrogen and oxygen atoms in total. The zero-order chi connectivity index (χ0) is 22.5. The lowest BCUT2D eigenvalue weighted by molar-refractivity contribution is -0.119. The summed E-state index contributed by atoms with van der Waals surface area (Å²) in [5.41, 5.74) is 1.74. The van der Waals surface area contributed by atoms with Crippen molar-refractivity contribution in [3.05, 3.63) is 84.4 Å². The number of rotatable bonds is 8. The zero-order valence-electron chi connectivity index (χ0n) is 17.7. The van der Waals surface area contributed by atoms with E-state index in [1.165, 1.54) is 23.9 Å². The number of amides is 1. The number of nitrogens with one attached hydrogen (secondary N) is 1. The average molecular weight is 451 g/mol. The van der Waals surface area contributed by atoms with Gasteiger partial charge in [0.25, 0.3) is 0 Å². The maximum Gasteiger partial charge on any atom is 0.230 e. The van der Waals surface area contributed by atoms with E-state index in [1.807, 2.05) is 54.8 Å². The number of benzene rings is 2. The number of carbonyl (C=O) groups excluding carboxylic acids is 1. The number of thioether (sulfide) groups is 1. The smallest absolute Gasteiger partial charge is 0.230 e. The molecule has 0 saturated heterocycles. The minimum Gasteiger partial charge on any atom is -0.461 e. The van der Waals surface area contributed by atoms with E-state index in [4.69, 9.17) is 4.42 Å². The van der Waals surface area contributed by atoms with E-state index in [0.717, 1.165) is 11.3 Å². The molecule has 1 atom stereocenters. The molecule has 2 heterocycles. The maximum absolute atomic E-state index is 13.3. The Morgan fingerprint density at radius 2 is 1.81 bits per heavy atom. The van der Waals surface area contributed by atoms with E-state index in [2.05, 4.69) is 15.5 Å². The van der Waals surface area contributed by atoms with Crippen LogP contribution in [0.4, 0.5) is 4.39 Å². The number of nitrogens with zero attached hydrogens (tertiary/aromatic N) is 3. The van der Waals surface area contributed by atoms with E-state index in [0.29, 0.717) is 16.7 Å². The van der Waals surface area contributed by atoms with Gasteiger partial charge in [-0.1, -0.05) is 55.9 Å². The molecule has 0 aliphatic heterocycles. The van der Waals surface area contributed by atoms with Crippen molar-refractivity contribution in [2.75, 3.05) is 5.75 Å². The van der Waals surface area contributed by atoms with Crippen molar-refractivity contribution >= 4 is 17.7 Å². The van der Waals surface area contributed by atoms with Gasteiger partial charge in [-0.25, -0.2) is 4.39 Å². The SMILES string of the molecule is CC(C)C(NC(=O)CSc1nnc(-c2ccco2)n1-c1ccccc1)c1ccc(F)cc1. The molecule has 0 bridgehead atoms. The molecule has 2 aromatic carbocycles. The van der Waals surface area contributed by atoms with Crippen LogP contribution >= 0.6 is 11.8 Å². The van der Waals surface area contributed by atoms with Crippen molar-refractivity contribution in [2.24, 2.45) is 5.92 Å². The fraction of sp³-hybridized carbons (Fsp3) is 0.208. The molecule has 1 amide bonds. The highest BCUT2D eigenvalue weighted by Crippen LogP contribution is 2.28. The van der Waals surface area contributed by atoms with Crippen molar-refractivity contribution in [2.45, 2.75) is 25.0 Å². The Morgan fingerprint density at radius 1 is 1.06 bits per heavy atom. The minimum absolute atomic E-state index is 0.139. The topological polar surface area (TPSA) is 73.0 Å². The Bertz CT molecular complexity index is 1160. The van der Waals surface area contributed by atoms with Crippen molar-refractivity contribution in [1.29, 1.82) is 0 Å². The van der Waals surface area contributed by atoms with Gasteiger partial charge in [-0.3, -0.25) is 9.36 Å². The fourth-order valence-corrected chi connectivity index (χ4v) is 4.15. The van der Waals surface area contributed by atoms with E-state index in [9.17, 15) is 9.18 Å². The van der Waals surface area contributed by atoms with Crippen molar-refractivity contribution in [3.8, 4) is 17.3 Å². The first-order valence-corrected chi connectivity index (χ1v) is 11.2. The summed E-state index contributed by atoms with van der Waals surface area (Å²) in [4.78, 5) is 12.8. The Balaban J connectivity index is 1.52. The molecule has 0 saturated carbocycles. The van der Waals surface area contributed by atoms with Crippen molar-refractivity contribution < 1.29 is 13.6 Å². The highest BCUT2D eigenvalue weighted by Gasteiger charge is 2.21. The molecular weight excluding hydrogens is 427 g/mol. The van der Waals surface area contributed by atoms with Crippen LogP contribution in [-0.2, 0) is 4.79 Å². The van der Waals surface area contributed by atoms with Crippen LogP contribution in [0.3, 0.4) is 0 Å². The molecule has 164 valence electrons. The average Bonchev–Trinajstić information content (AvgIpc) is 3.47. The molecule has 0 aliphatic carbocycles. The Kier molecular flexibility index (Phi) is 6.70. The first-order chi connectivity index (χ1) is 15.5. The molecule has 0 radical (unpaired) electrons. The first kappa shape index (κ1) is 21.8. The highest BCUT2D eigenvalue weighted by molar-refractivity contribution is 7.99. The van der Waals surface area contributed by atoms with Gasteiger partial charge >= 0.3 is 0 Å². The second kappa shape index (κ2) is 9.82. The monoisotopic (exact) mass is 450 g/mol. The van der Waals surface area contributed by atoms with Crippen LogP contribution in [0.2, 0.25) is 0 Å². The van der Waals surface area contributed by atoms with E-state index < -0.39 is 0 Å². The van der Waals surface area contributed by atoms with Crippen LogP contribution < -0.4 is 5.32 Å². The lowest BCUT2D eigenvalue weighted by Gasteiger charge is -2.23. The number of hydrogen-bond donors (Lipinski definition) is 1. The summed E-state index contributed by atoms with van der Waals surface area (Å²) in [7, 11) is 0. The number of para-hydroxylation sites is 1. The summed E-state index contributed by atoms with van der Waals surface area (Å²) in [6.07, 6.45) is 1.58. The molecule has 8 heteroatoms. The number of hydrogen-bond acceptors (Lipinski definition) is 5. The third-order valence-electron chi connectivity index (χ3n) is 4.93. The fourth-order valence-electron chi connectivity index (χ4n) is 3.39. The van der Waals surface area contributed by atoms with Gasteiger partial charge in [0.05, 0.1) is 18.1 Å². The van der Waals surface area contributed by atoms with Crippen LogP contribution in [0.5, 0.6) is 0 Å². The molecule has 32 heavy (non-hydrogen) atoms.